The van der Waals surface area contributed by atoms with Gasteiger partial charge in [-0.25, -0.2) is 4.98 Å². The van der Waals surface area contributed by atoms with Crippen LogP contribution in [0.5, 0.6) is 0 Å². The van der Waals surface area contributed by atoms with Crippen LogP contribution in [0.2, 0.25) is 0 Å². The third-order valence-electron chi connectivity index (χ3n) is 4.20. The Morgan fingerprint density at radius 2 is 2.15 bits per heavy atom. The average Bonchev–Trinajstić information content (AvgIpc) is 3.34. The molecule has 2 heterocycles. The van der Waals surface area contributed by atoms with Gasteiger partial charge < -0.3 is 11.1 Å². The molecule has 0 aliphatic heterocycles. The second kappa shape index (κ2) is 4.12. The summed E-state index contributed by atoms with van der Waals surface area (Å²) in [4.78, 5) is 16.4. The predicted octanol–water partition coefficient (Wildman–Crippen LogP) is 0.637. The van der Waals surface area contributed by atoms with Crippen molar-refractivity contribution in [3.63, 3.8) is 0 Å². The average molecular weight is 272 g/mol. The van der Waals surface area contributed by atoms with Crippen LogP contribution in [0, 0.1) is 11.3 Å². The molecule has 20 heavy (non-hydrogen) atoms. The van der Waals surface area contributed by atoms with Crippen LogP contribution < -0.4 is 11.1 Å². The molecule has 0 radical (unpaired) electrons. The highest BCUT2D eigenvalue weighted by Gasteiger charge is 2.53. The number of nitrogens with zero attached hydrogens (tertiary/aromatic N) is 6. The van der Waals surface area contributed by atoms with Crippen LogP contribution in [0.25, 0.3) is 5.95 Å². The minimum Gasteiger partial charge on any atom is -0.368 e. The van der Waals surface area contributed by atoms with E-state index < -0.39 is 0 Å². The Labute approximate surface area is 115 Å². The molecule has 2 aliphatic rings. The Morgan fingerprint density at radius 1 is 1.30 bits per heavy atom. The smallest absolute Gasteiger partial charge is 0.258 e. The molecule has 2 saturated carbocycles. The molecular formula is C12H16N8. The van der Waals surface area contributed by atoms with E-state index in [1.807, 2.05) is 0 Å². The van der Waals surface area contributed by atoms with E-state index in [4.69, 9.17) is 5.73 Å². The van der Waals surface area contributed by atoms with Crippen LogP contribution in [0.3, 0.4) is 0 Å². The zero-order valence-corrected chi connectivity index (χ0v) is 11.0. The summed E-state index contributed by atoms with van der Waals surface area (Å²) in [5.41, 5.74) is 6.21. The molecule has 2 aromatic heterocycles. The van der Waals surface area contributed by atoms with Crippen molar-refractivity contribution < 1.29 is 0 Å². The third kappa shape index (κ3) is 2.06. The minimum atomic E-state index is 0.185. The molecule has 0 bridgehead atoms. The Bertz CT molecular complexity index is 614. The van der Waals surface area contributed by atoms with Crippen molar-refractivity contribution in [2.24, 2.45) is 11.3 Å². The molecule has 4 rings (SSSR count). The highest BCUT2D eigenvalue weighted by atomic mass is 15.4. The van der Waals surface area contributed by atoms with E-state index in [0.717, 1.165) is 12.5 Å². The zero-order chi connectivity index (χ0) is 13.6. The van der Waals surface area contributed by atoms with Crippen molar-refractivity contribution in [3.05, 3.63) is 12.7 Å². The van der Waals surface area contributed by atoms with E-state index >= 15 is 0 Å². The third-order valence-corrected chi connectivity index (χ3v) is 4.20. The fraction of sp³-hybridized carbons (Fsp3) is 0.583. The van der Waals surface area contributed by atoms with E-state index in [1.54, 1.807) is 0 Å². The van der Waals surface area contributed by atoms with Crippen LogP contribution in [-0.2, 0) is 0 Å². The molecule has 2 fully saturated rings. The Morgan fingerprint density at radius 3 is 2.80 bits per heavy atom. The van der Waals surface area contributed by atoms with Crippen LogP contribution >= 0.6 is 0 Å². The first kappa shape index (κ1) is 11.6. The van der Waals surface area contributed by atoms with Gasteiger partial charge in [-0.15, -0.1) is 0 Å². The van der Waals surface area contributed by atoms with Gasteiger partial charge in [-0.3, -0.25) is 0 Å². The normalized spacial score (nSPS) is 19.8. The predicted molar refractivity (Wildman–Crippen MR) is 72.0 cm³/mol. The number of aromatic nitrogens is 6. The van der Waals surface area contributed by atoms with E-state index in [2.05, 4.69) is 30.4 Å². The van der Waals surface area contributed by atoms with Gasteiger partial charge in [-0.05, 0) is 37.0 Å². The van der Waals surface area contributed by atoms with Crippen LogP contribution in [0.15, 0.2) is 12.7 Å². The van der Waals surface area contributed by atoms with Gasteiger partial charge >= 0.3 is 0 Å². The molecule has 0 amide bonds. The van der Waals surface area contributed by atoms with E-state index in [-0.39, 0.29) is 5.95 Å². The summed E-state index contributed by atoms with van der Waals surface area (Å²) in [6.45, 7) is 0.915. The monoisotopic (exact) mass is 272 g/mol. The maximum absolute atomic E-state index is 5.73. The number of anilines is 2. The lowest BCUT2D eigenvalue weighted by Crippen LogP contribution is -2.20. The van der Waals surface area contributed by atoms with Crippen LogP contribution in [0.1, 0.15) is 25.7 Å². The highest BCUT2D eigenvalue weighted by Crippen LogP contribution is 2.61. The fourth-order valence-electron chi connectivity index (χ4n) is 2.71. The SMILES string of the molecule is Nc1nc(NCC2(C3CC3)CC2)nc(-n2cncn2)n1. The molecule has 0 saturated heterocycles. The summed E-state index contributed by atoms with van der Waals surface area (Å²) in [6.07, 6.45) is 8.31. The van der Waals surface area contributed by atoms with Gasteiger partial charge in [0.05, 0.1) is 0 Å². The molecular weight excluding hydrogens is 256 g/mol. The number of rotatable bonds is 5. The molecule has 0 atom stereocenters. The van der Waals surface area contributed by atoms with E-state index in [0.29, 0.717) is 17.3 Å². The maximum Gasteiger partial charge on any atom is 0.258 e. The molecule has 0 aromatic carbocycles. The molecule has 0 spiro atoms. The lowest BCUT2D eigenvalue weighted by atomic mass is 10.0. The number of nitrogens with two attached hydrogens (primary N) is 1. The molecule has 3 N–H and O–H groups in total. The fourth-order valence-corrected chi connectivity index (χ4v) is 2.71. The van der Waals surface area contributed by atoms with Crippen molar-refractivity contribution in [2.45, 2.75) is 25.7 Å². The number of hydrogen-bond donors (Lipinski definition) is 2. The topological polar surface area (TPSA) is 107 Å². The zero-order valence-electron chi connectivity index (χ0n) is 11.0. The van der Waals surface area contributed by atoms with Crippen molar-refractivity contribution in [3.8, 4) is 5.95 Å². The molecule has 8 heteroatoms. The van der Waals surface area contributed by atoms with Gasteiger partial charge in [-0.1, -0.05) is 0 Å². The van der Waals surface area contributed by atoms with Gasteiger partial charge in [0, 0.05) is 6.54 Å². The van der Waals surface area contributed by atoms with Crippen LogP contribution in [0.4, 0.5) is 11.9 Å². The molecule has 2 aliphatic carbocycles. The minimum absolute atomic E-state index is 0.185. The van der Waals surface area contributed by atoms with Gasteiger partial charge in [-0.2, -0.15) is 24.7 Å². The summed E-state index contributed by atoms with van der Waals surface area (Å²) < 4.78 is 1.47. The van der Waals surface area contributed by atoms with E-state index in [9.17, 15) is 0 Å². The standard InChI is InChI=1S/C12H16N8/c13-9-17-10(15-5-12(3-4-12)8-1-2-8)19-11(18-9)20-7-14-6-16-20/h6-8H,1-5H2,(H3,13,15,17,18,19). The quantitative estimate of drug-likeness (QED) is 0.822. The Kier molecular flexibility index (Phi) is 2.38. The summed E-state index contributed by atoms with van der Waals surface area (Å²) >= 11 is 0. The lowest BCUT2D eigenvalue weighted by Gasteiger charge is -2.15. The first-order valence-corrected chi connectivity index (χ1v) is 6.86. The van der Waals surface area contributed by atoms with Crippen LogP contribution in [-0.4, -0.2) is 36.3 Å². The van der Waals surface area contributed by atoms with Gasteiger partial charge in [0.25, 0.3) is 5.95 Å². The number of hydrogen-bond acceptors (Lipinski definition) is 7. The second-order valence-corrected chi connectivity index (χ2v) is 5.65. The first-order chi connectivity index (χ1) is 9.75. The van der Waals surface area contributed by atoms with Gasteiger partial charge in [0.1, 0.15) is 12.7 Å². The lowest BCUT2D eigenvalue weighted by molar-refractivity contribution is 0.465. The Balaban J connectivity index is 1.53. The molecule has 2 aromatic rings. The number of nitrogens with one attached hydrogen (secondary N) is 1. The molecule has 0 unspecified atom stereocenters. The van der Waals surface area contributed by atoms with Crippen molar-refractivity contribution in [1.82, 2.24) is 29.7 Å². The largest absolute Gasteiger partial charge is 0.368 e. The summed E-state index contributed by atoms with van der Waals surface area (Å²) in [6, 6.07) is 0. The van der Waals surface area contributed by atoms with Crippen molar-refractivity contribution in [1.29, 1.82) is 0 Å². The maximum atomic E-state index is 5.73. The van der Waals surface area contributed by atoms with Gasteiger partial charge in [0.15, 0.2) is 0 Å². The van der Waals surface area contributed by atoms with Crippen molar-refractivity contribution in [2.75, 3.05) is 17.6 Å². The van der Waals surface area contributed by atoms with Gasteiger partial charge in [0.2, 0.25) is 11.9 Å². The second-order valence-electron chi connectivity index (χ2n) is 5.65. The van der Waals surface area contributed by atoms with Crippen molar-refractivity contribution >= 4 is 11.9 Å². The first-order valence-electron chi connectivity index (χ1n) is 6.86. The van der Waals surface area contributed by atoms with E-state index in [1.165, 1.54) is 43.0 Å². The summed E-state index contributed by atoms with van der Waals surface area (Å²) in [7, 11) is 0. The highest BCUT2D eigenvalue weighted by molar-refractivity contribution is 5.35. The number of nitrogen functional groups attached to an aromatic ring is 1. The summed E-state index contributed by atoms with van der Waals surface area (Å²) in [5.74, 6) is 1.97. The Hall–Kier alpha value is -2.25. The molecule has 8 nitrogen and oxygen atoms in total. The summed E-state index contributed by atoms with van der Waals surface area (Å²) in [5, 5.41) is 7.31. The molecule has 104 valence electrons.